The smallest absolute Gasteiger partial charge is 0.264 e. The maximum absolute atomic E-state index is 13.6. The standard InChI is InChI=1S/C26H27Cl2N3O6S2/c1-37-24-13-11-20(17-25(24)39(35,36)30-14-6-3-7-15-30)29-26(32)18-31(23-12-10-19(27)16-22(23)28)38(33,34)21-8-4-2-5-9-21/h2,4-5,8-13,16-17H,3,6-7,14-15,18H2,1H3,(H,29,32). The van der Waals surface area contributed by atoms with Crippen molar-refractivity contribution in [3.8, 4) is 5.75 Å². The first-order valence-corrected chi connectivity index (χ1v) is 15.7. The molecule has 4 rings (SSSR count). The van der Waals surface area contributed by atoms with Crippen LogP contribution in [0.25, 0.3) is 0 Å². The minimum Gasteiger partial charge on any atom is -0.495 e. The van der Waals surface area contributed by atoms with E-state index in [2.05, 4.69) is 5.32 Å². The minimum absolute atomic E-state index is 0.0363. The third-order valence-corrected chi connectivity index (χ3v) is 10.4. The van der Waals surface area contributed by atoms with Crippen LogP contribution in [-0.2, 0) is 24.8 Å². The van der Waals surface area contributed by atoms with Crippen molar-refractivity contribution in [2.45, 2.75) is 29.1 Å². The second kappa shape index (κ2) is 12.1. The van der Waals surface area contributed by atoms with Gasteiger partial charge in [0.2, 0.25) is 15.9 Å². The van der Waals surface area contributed by atoms with Crippen LogP contribution in [-0.4, -0.2) is 53.8 Å². The molecule has 3 aromatic rings. The molecule has 0 aliphatic carbocycles. The highest BCUT2D eigenvalue weighted by Gasteiger charge is 2.31. The van der Waals surface area contributed by atoms with Gasteiger partial charge in [-0.1, -0.05) is 47.8 Å². The Kier molecular flexibility index (Phi) is 9.07. The van der Waals surface area contributed by atoms with Gasteiger partial charge < -0.3 is 10.1 Å². The summed E-state index contributed by atoms with van der Waals surface area (Å²) in [7, 11) is -6.72. The molecular weight excluding hydrogens is 585 g/mol. The van der Waals surface area contributed by atoms with Crippen molar-refractivity contribution < 1.29 is 26.4 Å². The number of ether oxygens (including phenoxy) is 1. The molecule has 0 aromatic heterocycles. The lowest BCUT2D eigenvalue weighted by Crippen LogP contribution is -2.38. The van der Waals surface area contributed by atoms with E-state index in [1.165, 1.54) is 59.9 Å². The van der Waals surface area contributed by atoms with Gasteiger partial charge >= 0.3 is 0 Å². The zero-order chi connectivity index (χ0) is 28.2. The van der Waals surface area contributed by atoms with Crippen LogP contribution in [0.15, 0.2) is 76.5 Å². The molecule has 1 aliphatic rings. The van der Waals surface area contributed by atoms with Crippen LogP contribution < -0.4 is 14.4 Å². The quantitative estimate of drug-likeness (QED) is 0.364. The summed E-state index contributed by atoms with van der Waals surface area (Å²) < 4.78 is 61.4. The second-order valence-electron chi connectivity index (χ2n) is 8.80. The highest BCUT2D eigenvalue weighted by atomic mass is 35.5. The van der Waals surface area contributed by atoms with Crippen molar-refractivity contribution in [2.75, 3.05) is 36.4 Å². The van der Waals surface area contributed by atoms with Gasteiger partial charge in [-0.05, 0) is 61.4 Å². The topological polar surface area (TPSA) is 113 Å². The summed E-state index contributed by atoms with van der Waals surface area (Å²) in [6.07, 6.45) is 2.48. The molecule has 0 bridgehead atoms. The number of carbonyl (C=O) groups excluding carboxylic acids is 1. The Morgan fingerprint density at radius 1 is 0.949 bits per heavy atom. The number of piperidine rings is 1. The Morgan fingerprint density at radius 3 is 2.28 bits per heavy atom. The summed E-state index contributed by atoms with van der Waals surface area (Å²) >= 11 is 12.3. The van der Waals surface area contributed by atoms with Gasteiger partial charge in [0.1, 0.15) is 17.2 Å². The third-order valence-electron chi connectivity index (χ3n) is 6.18. The molecule has 3 aromatic carbocycles. The van der Waals surface area contributed by atoms with Crippen molar-refractivity contribution in [1.82, 2.24) is 4.31 Å². The van der Waals surface area contributed by atoms with E-state index in [1.54, 1.807) is 18.2 Å². The maximum Gasteiger partial charge on any atom is 0.264 e. The minimum atomic E-state index is -4.21. The summed E-state index contributed by atoms with van der Waals surface area (Å²) in [6, 6.07) is 16.1. The highest BCUT2D eigenvalue weighted by Crippen LogP contribution is 2.34. The lowest BCUT2D eigenvalue weighted by molar-refractivity contribution is -0.114. The lowest BCUT2D eigenvalue weighted by atomic mass is 10.2. The van der Waals surface area contributed by atoms with Crippen LogP contribution in [0, 0.1) is 0 Å². The highest BCUT2D eigenvalue weighted by molar-refractivity contribution is 7.93. The molecule has 39 heavy (non-hydrogen) atoms. The SMILES string of the molecule is COc1ccc(NC(=O)CN(c2ccc(Cl)cc2Cl)S(=O)(=O)c2ccccc2)cc1S(=O)(=O)N1CCCCC1. The summed E-state index contributed by atoms with van der Waals surface area (Å²) in [6.45, 7) is 0.158. The molecule has 1 fully saturated rings. The number of hydrogen-bond donors (Lipinski definition) is 1. The fourth-order valence-electron chi connectivity index (χ4n) is 4.23. The number of carbonyl (C=O) groups is 1. The van der Waals surface area contributed by atoms with Crippen LogP contribution in [0.4, 0.5) is 11.4 Å². The zero-order valence-electron chi connectivity index (χ0n) is 21.0. The largest absolute Gasteiger partial charge is 0.495 e. The Bertz CT molecular complexity index is 1560. The van der Waals surface area contributed by atoms with Gasteiger partial charge in [-0.2, -0.15) is 4.31 Å². The van der Waals surface area contributed by atoms with Crippen LogP contribution in [0.3, 0.4) is 0 Å². The number of amides is 1. The summed E-state index contributed by atoms with van der Waals surface area (Å²) in [5.74, 6) is -0.577. The molecule has 1 heterocycles. The first-order chi connectivity index (χ1) is 18.5. The van der Waals surface area contributed by atoms with Crippen LogP contribution in [0.2, 0.25) is 10.0 Å². The van der Waals surface area contributed by atoms with E-state index in [1.807, 2.05) is 0 Å². The fourth-order valence-corrected chi connectivity index (χ4v) is 7.95. The average molecular weight is 613 g/mol. The molecule has 13 heteroatoms. The number of halogens is 2. The number of hydrogen-bond acceptors (Lipinski definition) is 6. The monoisotopic (exact) mass is 611 g/mol. The molecule has 1 aliphatic heterocycles. The van der Waals surface area contributed by atoms with E-state index in [9.17, 15) is 21.6 Å². The Morgan fingerprint density at radius 2 is 1.64 bits per heavy atom. The van der Waals surface area contributed by atoms with Crippen LogP contribution in [0.1, 0.15) is 19.3 Å². The molecule has 0 unspecified atom stereocenters. The van der Waals surface area contributed by atoms with E-state index in [0.29, 0.717) is 18.1 Å². The number of nitrogens with zero attached hydrogens (tertiary/aromatic N) is 2. The lowest BCUT2D eigenvalue weighted by Gasteiger charge is -2.27. The fraction of sp³-hybridized carbons (Fsp3) is 0.269. The van der Waals surface area contributed by atoms with Crippen LogP contribution in [0.5, 0.6) is 5.75 Å². The Labute approximate surface area is 238 Å². The number of sulfonamides is 2. The first kappa shape index (κ1) is 29.2. The van der Waals surface area contributed by atoms with Gasteiger partial charge in [-0.25, -0.2) is 16.8 Å². The number of methoxy groups -OCH3 is 1. The molecule has 1 saturated heterocycles. The first-order valence-electron chi connectivity index (χ1n) is 12.0. The molecule has 1 amide bonds. The second-order valence-corrected chi connectivity index (χ2v) is 13.4. The predicted molar refractivity (Wildman–Crippen MR) is 152 cm³/mol. The van der Waals surface area contributed by atoms with Crippen molar-refractivity contribution in [3.63, 3.8) is 0 Å². The van der Waals surface area contributed by atoms with Crippen LogP contribution >= 0.6 is 23.2 Å². The maximum atomic E-state index is 13.6. The molecule has 0 saturated carbocycles. The molecule has 0 radical (unpaired) electrons. The van der Waals surface area contributed by atoms with E-state index in [4.69, 9.17) is 27.9 Å². The predicted octanol–water partition coefficient (Wildman–Crippen LogP) is 5.01. The van der Waals surface area contributed by atoms with E-state index >= 15 is 0 Å². The molecule has 0 spiro atoms. The molecule has 0 atom stereocenters. The number of rotatable bonds is 9. The van der Waals surface area contributed by atoms with E-state index in [-0.39, 0.29) is 31.9 Å². The third kappa shape index (κ3) is 6.50. The van der Waals surface area contributed by atoms with E-state index in [0.717, 1.165) is 23.6 Å². The normalized spacial score (nSPS) is 14.5. The Hall–Kier alpha value is -2.83. The summed E-state index contributed by atoms with van der Waals surface area (Å²) in [5.41, 5.74) is 0.221. The van der Waals surface area contributed by atoms with Gasteiger partial charge in [0.05, 0.1) is 22.7 Å². The molecule has 1 N–H and O–H groups in total. The van der Waals surface area contributed by atoms with Crippen molar-refractivity contribution in [1.29, 1.82) is 0 Å². The van der Waals surface area contributed by atoms with Gasteiger partial charge in [-0.3, -0.25) is 9.10 Å². The Balaban J connectivity index is 1.65. The zero-order valence-corrected chi connectivity index (χ0v) is 24.2. The van der Waals surface area contributed by atoms with Crippen molar-refractivity contribution >= 4 is 60.5 Å². The van der Waals surface area contributed by atoms with Crippen molar-refractivity contribution in [3.05, 3.63) is 76.8 Å². The summed E-state index contributed by atoms with van der Waals surface area (Å²) in [4.78, 5) is 13.1. The van der Waals surface area contributed by atoms with Gasteiger partial charge in [0.15, 0.2) is 0 Å². The number of nitrogens with one attached hydrogen (secondary N) is 1. The van der Waals surface area contributed by atoms with Gasteiger partial charge in [-0.15, -0.1) is 0 Å². The van der Waals surface area contributed by atoms with Crippen molar-refractivity contribution in [2.24, 2.45) is 0 Å². The average Bonchev–Trinajstić information content (AvgIpc) is 2.93. The molecule has 9 nitrogen and oxygen atoms in total. The molecule has 208 valence electrons. The number of anilines is 2. The molecular formula is C26H27Cl2N3O6S2. The van der Waals surface area contributed by atoms with Gasteiger partial charge in [0, 0.05) is 23.8 Å². The van der Waals surface area contributed by atoms with Gasteiger partial charge in [0.25, 0.3) is 10.0 Å². The van der Waals surface area contributed by atoms with E-state index < -0.39 is 32.5 Å². The summed E-state index contributed by atoms with van der Waals surface area (Å²) in [5, 5.41) is 2.94. The number of benzene rings is 3.